The first kappa shape index (κ1) is 99.7. The lowest BCUT2D eigenvalue weighted by Crippen LogP contribution is -2.33. The van der Waals surface area contributed by atoms with Crippen LogP contribution in [0.1, 0.15) is 99.6 Å². The van der Waals surface area contributed by atoms with Crippen LogP contribution in [-0.4, -0.2) is 193 Å². The summed E-state index contributed by atoms with van der Waals surface area (Å²) in [6.45, 7) is 9.68. The van der Waals surface area contributed by atoms with E-state index in [4.69, 9.17) is 10.5 Å². The average molecular weight is 2060 g/mol. The summed E-state index contributed by atoms with van der Waals surface area (Å²) < 4.78 is 226. The van der Waals surface area contributed by atoms with E-state index in [0.29, 0.717) is 122 Å². The Morgan fingerprint density at radius 2 is 0.624 bits per heavy atom. The van der Waals surface area contributed by atoms with E-state index < -0.39 is 91.9 Å². The van der Waals surface area contributed by atoms with Crippen LogP contribution in [0.2, 0.25) is 0 Å². The van der Waals surface area contributed by atoms with Crippen LogP contribution in [0.5, 0.6) is 0 Å². The number of hydrogen-bond acceptors (Lipinski definition) is 24. The maximum atomic E-state index is 13.8. The summed E-state index contributed by atoms with van der Waals surface area (Å²) in [6, 6.07) is 70.8. The van der Waals surface area contributed by atoms with Gasteiger partial charge in [-0.15, -0.1) is 0 Å². The molecule has 732 valence electrons. The number of rotatable bonds is 24. The number of hydrogen-bond donors (Lipinski definition) is 2. The Kier molecular flexibility index (Phi) is 28.7. The van der Waals surface area contributed by atoms with Gasteiger partial charge in [0.1, 0.15) is 11.4 Å². The van der Waals surface area contributed by atoms with E-state index in [9.17, 15) is 76.9 Å². The van der Waals surface area contributed by atoms with Gasteiger partial charge in [-0.05, 0) is 263 Å². The molecule has 141 heavy (non-hydrogen) atoms. The molecule has 0 aliphatic carbocycles. The second-order valence-electron chi connectivity index (χ2n) is 34.9. The molecule has 15 aromatic rings. The van der Waals surface area contributed by atoms with Crippen LogP contribution >= 0.6 is 0 Å². The van der Waals surface area contributed by atoms with Crippen molar-refractivity contribution in [3.63, 3.8) is 0 Å². The third-order valence-electron chi connectivity index (χ3n) is 24.8. The van der Waals surface area contributed by atoms with Gasteiger partial charge in [-0.1, -0.05) is 121 Å². The number of nitrogens with two attached hydrogens (primary N) is 1. The van der Waals surface area contributed by atoms with Crippen LogP contribution in [0.3, 0.4) is 0 Å². The van der Waals surface area contributed by atoms with Gasteiger partial charge in [-0.2, -0.15) is 17.2 Å². The molecule has 0 bridgehead atoms. The Morgan fingerprint density at radius 1 is 0.340 bits per heavy atom. The molecule has 0 spiro atoms. The van der Waals surface area contributed by atoms with E-state index in [1.54, 1.807) is 245 Å². The maximum absolute atomic E-state index is 13.8. The lowest BCUT2D eigenvalue weighted by molar-refractivity contribution is 0.0522. The Labute approximate surface area is 819 Å². The first-order chi connectivity index (χ1) is 67.4. The summed E-state index contributed by atoms with van der Waals surface area (Å²) in [6.07, 6.45) is 13.4. The Balaban J connectivity index is 0.000000130. The molecule has 41 heteroatoms. The zero-order valence-electron chi connectivity index (χ0n) is 76.8. The van der Waals surface area contributed by atoms with Gasteiger partial charge in [0, 0.05) is 112 Å². The number of pyridine rings is 4. The highest BCUT2D eigenvalue weighted by Gasteiger charge is 2.38. The highest BCUT2D eigenvalue weighted by Crippen LogP contribution is 2.42. The summed E-state index contributed by atoms with van der Waals surface area (Å²) in [7, 11) is -29.9. The van der Waals surface area contributed by atoms with Crippen molar-refractivity contribution >= 4 is 131 Å². The number of benzene rings is 8. The summed E-state index contributed by atoms with van der Waals surface area (Å²) in [5.74, 6) is 0.431. The monoisotopic (exact) mass is 2060 g/mol. The molecule has 4 fully saturated rings. The molecule has 12 heterocycles. The molecule has 0 radical (unpaired) electrons. The highest BCUT2D eigenvalue weighted by molar-refractivity contribution is 7.93. The molecular weight excluding hydrogens is 1960 g/mol. The normalized spacial score (nSPS) is 15.4. The number of ether oxygens (including phenoxy) is 1. The van der Waals surface area contributed by atoms with E-state index in [-0.39, 0.29) is 80.6 Å². The number of carbonyl (C=O) groups excluding carboxylic acids is 2. The summed E-state index contributed by atoms with van der Waals surface area (Å²) >= 11 is 0. The maximum Gasteiger partial charge on any atom is 0.407 e. The number of sulfonamides is 5. The van der Waals surface area contributed by atoms with Gasteiger partial charge in [0.25, 0.3) is 40.1 Å². The van der Waals surface area contributed by atoms with Crippen molar-refractivity contribution in [3.8, 4) is 44.5 Å². The fourth-order valence-corrected chi connectivity index (χ4v) is 29.9. The molecule has 7 aromatic heterocycles. The second kappa shape index (κ2) is 40.6. The van der Waals surface area contributed by atoms with Crippen molar-refractivity contribution in [2.45, 2.75) is 136 Å². The minimum absolute atomic E-state index is 0.00881. The predicted molar refractivity (Wildman–Crippen MR) is 535 cm³/mol. The van der Waals surface area contributed by atoms with Gasteiger partial charge in [0.2, 0.25) is 40.1 Å². The van der Waals surface area contributed by atoms with E-state index >= 15 is 0 Å². The van der Waals surface area contributed by atoms with Crippen LogP contribution in [0.15, 0.2) is 325 Å². The smallest absolute Gasteiger partial charge is 0.407 e. The molecule has 20 rings (SSSR count). The van der Waals surface area contributed by atoms with E-state index in [0.717, 1.165) is 87.1 Å². The molecule has 5 aliphatic heterocycles. The Hall–Kier alpha value is -12.9. The number of amides is 1. The zero-order valence-corrected chi connectivity index (χ0v) is 83.4. The highest BCUT2D eigenvalue weighted by atomic mass is 32.2. The summed E-state index contributed by atoms with van der Waals surface area (Å²) in [5, 5.41) is 4.27. The molecule has 1 amide bonds. The number of aldehydes is 1. The largest absolute Gasteiger partial charge is 0.444 e. The number of alkyl carbamates (subject to hydrolysis) is 1. The molecule has 8 aromatic carbocycles. The number of aromatic nitrogens is 7. The van der Waals surface area contributed by atoms with Crippen molar-refractivity contribution in [1.82, 2.24) is 54.4 Å². The molecule has 33 nitrogen and oxygen atoms in total. The van der Waals surface area contributed by atoms with Gasteiger partial charge >= 0.3 is 6.09 Å². The molecule has 0 atom stereocenters. The van der Waals surface area contributed by atoms with Crippen LogP contribution in [-0.2, 0) is 104 Å². The summed E-state index contributed by atoms with van der Waals surface area (Å²) in [5.41, 5.74) is 13.1. The van der Waals surface area contributed by atoms with Gasteiger partial charge in [-0.25, -0.2) is 108 Å². The third kappa shape index (κ3) is 20.2. The summed E-state index contributed by atoms with van der Waals surface area (Å²) in [4.78, 5) is 43.1. The fraction of sp³-hybridized carbons (Fsp3) is 0.240. The third-order valence-corrected chi connectivity index (χ3v) is 39.5. The molecule has 0 unspecified atom stereocenters. The van der Waals surface area contributed by atoms with Crippen molar-refractivity contribution in [3.05, 3.63) is 308 Å². The minimum Gasteiger partial charge on any atom is -0.444 e. The van der Waals surface area contributed by atoms with E-state index in [1.807, 2.05) is 6.07 Å². The van der Waals surface area contributed by atoms with Gasteiger partial charge in [-0.3, -0.25) is 4.79 Å². The van der Waals surface area contributed by atoms with Crippen molar-refractivity contribution in [1.29, 1.82) is 0 Å². The predicted octanol–water partition coefficient (Wildman–Crippen LogP) is 14.8. The van der Waals surface area contributed by atoms with E-state index in [1.165, 1.54) is 80.4 Å². The number of fused-ring (bicyclic) bond motifs is 4. The van der Waals surface area contributed by atoms with E-state index in [2.05, 4.69) is 25.3 Å². The SMILES string of the molecule is CC(C)(C)OC(=O)NCc1cc2c(-c3ccc(S(=O)(=O)N4CCCC4)cc3)ccnc2n1S(=O)(=O)c1ccccc1.NCc1cc2c(-c3ccc(S(=O)(=O)N4CCCC4)cc3)ccnc2n1S(=O)(=O)c1ccccc1.O=Cc1cc2c(-c3ccc(S(=O)(=O)N4CCCC4)cc3)ccnc2n1S(=O)(=O)c1ccccc1.O=S(=O)(c1ccc(-c2ccnc3c2CCN3S(=O)(=O)c2ccccc2)cc1)N1CCCC1. The van der Waals surface area contributed by atoms with Crippen molar-refractivity contribution in [2.75, 3.05) is 63.2 Å². The average Bonchev–Trinajstić information content (AvgIpc) is 1.60. The van der Waals surface area contributed by atoms with Gasteiger partial charge in [0.15, 0.2) is 23.2 Å². The lowest BCUT2D eigenvalue weighted by Gasteiger charge is -2.20. The second-order valence-corrected chi connectivity index (χ2v) is 49.9. The molecule has 5 aliphatic rings. The van der Waals surface area contributed by atoms with Crippen LogP contribution in [0, 0.1) is 0 Å². The Morgan fingerprint density at radius 3 is 0.957 bits per heavy atom. The fourth-order valence-electron chi connectivity index (χ4n) is 17.8. The van der Waals surface area contributed by atoms with Crippen LogP contribution in [0.4, 0.5) is 10.6 Å². The lowest BCUT2D eigenvalue weighted by atomic mass is 10.0. The topological polar surface area (TPSA) is 437 Å². The molecule has 0 saturated carbocycles. The van der Waals surface area contributed by atoms with Crippen LogP contribution in [0.25, 0.3) is 77.6 Å². The quantitative estimate of drug-likeness (QED) is 0.0531. The first-order valence-electron chi connectivity index (χ1n) is 45.5. The van der Waals surface area contributed by atoms with Gasteiger partial charge in [0.05, 0.1) is 62.8 Å². The van der Waals surface area contributed by atoms with Crippen molar-refractivity contribution in [2.24, 2.45) is 5.73 Å². The number of nitrogens with one attached hydrogen (secondary N) is 1. The standard InChI is InChI=1S/C29H32N4O6S2.C24H24N4O4S2.C24H21N3O5S2.C23H23N3O4S2/c1-29(2,3)39-28(34)31-20-22-19-26-25(21-11-13-24(14-12-21)40(35,36)32-17-7-8-18-32)15-16-30-27(26)33(22)41(37,38)23-9-5-4-6-10-23;25-17-19-16-23-22(18-8-10-21(11-9-18)33(29,30)27-14-4-5-15-27)12-13-26-24(23)28(19)34(31,32)20-6-2-1-3-7-20;28-17-19-16-23-22(18-8-10-21(11-9-18)33(29,30)26-14-4-5-15-26)12-13-25-24(23)27(19)34(31,32)20-6-2-1-3-7-20;27-31(28,25-15-4-5-16-25)20-10-8-18(9-11-20)21-12-14-24-23-22(21)13-17-26(23)32(29,30)19-6-2-1-3-7-19/h4-6,9-16,19H,7-8,17-18,20H2,1-3H3,(H,31,34);1-3,6-13,16H,4-5,14-15,17,25H2;1-3,6-13,16-17H,4-5,14-15H2;1-3,6-12,14H,4-5,13,15-17H2. The molecule has 3 N–H and O–H groups in total. The van der Waals surface area contributed by atoms with Crippen molar-refractivity contribution < 1.29 is 81.7 Å². The minimum atomic E-state index is -4.09. The molecule has 4 saturated heterocycles. The first-order valence-corrected chi connectivity index (χ1v) is 57.0. The zero-order chi connectivity index (χ0) is 99.6. The number of nitrogens with zero attached hydrogens (tertiary/aromatic N) is 12. The number of anilines is 1. The molecular formula is C100H100N14O19S8. The van der Waals surface area contributed by atoms with Gasteiger partial charge < -0.3 is 15.8 Å². The number of carbonyl (C=O) groups is 2. The van der Waals surface area contributed by atoms with Crippen LogP contribution < -0.4 is 15.4 Å². The Bertz CT molecular complexity index is 8220.